The van der Waals surface area contributed by atoms with E-state index in [-0.39, 0.29) is 17.0 Å². The maximum Gasteiger partial charge on any atom is 0.0500 e. The number of benzene rings is 1. The van der Waals surface area contributed by atoms with Gasteiger partial charge in [-0.1, -0.05) is 32.9 Å². The molecule has 0 amide bonds. The normalized spacial score (nSPS) is 14.6. The van der Waals surface area contributed by atoms with Crippen molar-refractivity contribution in [3.05, 3.63) is 34.4 Å². The molecule has 2 heteroatoms. The van der Waals surface area contributed by atoms with Crippen LogP contribution in [0.4, 0.5) is 0 Å². The Hall–Kier alpha value is -0.860. The molecule has 0 radical (unpaired) electrons. The van der Waals surface area contributed by atoms with Crippen molar-refractivity contribution in [1.29, 1.82) is 0 Å². The molecule has 0 aliphatic rings. The summed E-state index contributed by atoms with van der Waals surface area (Å²) in [7, 11) is 1.98. The molecule has 1 rings (SSSR count). The highest BCUT2D eigenvalue weighted by atomic mass is 15.0. The maximum absolute atomic E-state index is 6.32. The molecule has 108 valence electrons. The van der Waals surface area contributed by atoms with Crippen molar-refractivity contribution in [1.82, 2.24) is 5.32 Å². The lowest BCUT2D eigenvalue weighted by molar-refractivity contribution is 0.367. The Labute approximate surface area is 118 Å². The molecule has 1 atom stereocenters. The van der Waals surface area contributed by atoms with Crippen LogP contribution in [-0.2, 0) is 5.41 Å². The summed E-state index contributed by atoms with van der Waals surface area (Å²) in [5.74, 6) is 0. The van der Waals surface area contributed by atoms with Gasteiger partial charge in [0.05, 0.1) is 0 Å². The zero-order valence-electron chi connectivity index (χ0n) is 13.8. The summed E-state index contributed by atoms with van der Waals surface area (Å²) in [6, 6.07) is 4.78. The lowest BCUT2D eigenvalue weighted by Gasteiger charge is -2.34. The number of nitrogens with two attached hydrogens (primary N) is 1. The number of likely N-dealkylation sites (N-methyl/N-ethyl adjacent to an activating group) is 1. The van der Waals surface area contributed by atoms with Crippen molar-refractivity contribution in [3.63, 3.8) is 0 Å². The molecule has 2 nitrogen and oxygen atoms in total. The van der Waals surface area contributed by atoms with Gasteiger partial charge in [-0.25, -0.2) is 0 Å². The van der Waals surface area contributed by atoms with Crippen molar-refractivity contribution in [3.8, 4) is 0 Å². The summed E-state index contributed by atoms with van der Waals surface area (Å²) in [5, 5.41) is 3.37. The van der Waals surface area contributed by atoms with Gasteiger partial charge in [0.2, 0.25) is 0 Å². The van der Waals surface area contributed by atoms with Crippen LogP contribution in [0.2, 0.25) is 0 Å². The summed E-state index contributed by atoms with van der Waals surface area (Å²) in [4.78, 5) is 0. The van der Waals surface area contributed by atoms with Gasteiger partial charge >= 0.3 is 0 Å². The Kier molecular flexibility index (Phi) is 4.48. The molecule has 1 unspecified atom stereocenters. The van der Waals surface area contributed by atoms with E-state index in [1.165, 1.54) is 22.3 Å². The van der Waals surface area contributed by atoms with Crippen molar-refractivity contribution < 1.29 is 0 Å². The number of rotatable bonds is 3. The first-order valence-corrected chi connectivity index (χ1v) is 7.06. The third-order valence-electron chi connectivity index (χ3n) is 3.78. The van der Waals surface area contributed by atoms with Crippen LogP contribution >= 0.6 is 0 Å². The molecule has 3 N–H and O–H groups in total. The fourth-order valence-corrected chi connectivity index (χ4v) is 2.75. The fraction of sp³-hybridized carbons (Fsp3) is 0.647. The molecule has 0 aliphatic heterocycles. The number of aryl methyl sites for hydroxylation is 2. The van der Waals surface area contributed by atoms with Crippen LogP contribution in [0.1, 0.15) is 62.9 Å². The molecule has 19 heavy (non-hydrogen) atoms. The second-order valence-electron chi connectivity index (χ2n) is 7.32. The highest BCUT2D eigenvalue weighted by molar-refractivity contribution is 5.43. The first kappa shape index (κ1) is 16.2. The Morgan fingerprint density at radius 1 is 1.00 bits per heavy atom. The highest BCUT2D eigenvalue weighted by Crippen LogP contribution is 2.33. The molecule has 0 aliphatic carbocycles. The molecule has 0 spiro atoms. The van der Waals surface area contributed by atoms with Gasteiger partial charge in [-0.3, -0.25) is 0 Å². The zero-order valence-corrected chi connectivity index (χ0v) is 13.8. The van der Waals surface area contributed by atoms with Crippen molar-refractivity contribution in [2.24, 2.45) is 5.73 Å². The Morgan fingerprint density at radius 2 is 1.42 bits per heavy atom. The van der Waals surface area contributed by atoms with Crippen molar-refractivity contribution in [2.45, 2.75) is 65.5 Å². The van der Waals surface area contributed by atoms with Gasteiger partial charge in [0.25, 0.3) is 0 Å². The molecule has 0 bridgehead atoms. The first-order chi connectivity index (χ1) is 8.48. The largest absolute Gasteiger partial charge is 0.324 e. The van der Waals surface area contributed by atoms with E-state index >= 15 is 0 Å². The summed E-state index contributed by atoms with van der Waals surface area (Å²) < 4.78 is 0. The summed E-state index contributed by atoms with van der Waals surface area (Å²) in [5.41, 5.74) is 11.6. The van der Waals surface area contributed by atoms with Crippen LogP contribution in [0.15, 0.2) is 12.1 Å². The molecule has 0 saturated carbocycles. The van der Waals surface area contributed by atoms with Gasteiger partial charge in [0, 0.05) is 11.6 Å². The lowest BCUT2D eigenvalue weighted by atomic mass is 9.79. The molecular weight excluding hydrogens is 232 g/mol. The third kappa shape index (κ3) is 3.58. The smallest absolute Gasteiger partial charge is 0.0500 e. The molecule has 0 fully saturated rings. The van der Waals surface area contributed by atoms with E-state index in [1.807, 2.05) is 7.05 Å². The van der Waals surface area contributed by atoms with Gasteiger partial charge < -0.3 is 11.1 Å². The fourth-order valence-electron chi connectivity index (χ4n) is 2.75. The standard InChI is InChI=1S/C17H30N2/c1-11-9-13(16(3,4)5)10-12(2)14(11)15(19-8)17(6,7)18/h9-10,15,19H,18H2,1-8H3. The average molecular weight is 262 g/mol. The van der Waals surface area contributed by atoms with E-state index < -0.39 is 0 Å². The van der Waals surface area contributed by atoms with E-state index in [0.717, 1.165) is 0 Å². The van der Waals surface area contributed by atoms with E-state index in [2.05, 4.69) is 65.9 Å². The SMILES string of the molecule is CNC(c1c(C)cc(C(C)(C)C)cc1C)C(C)(C)N. The van der Waals surface area contributed by atoms with Crippen molar-refractivity contribution >= 4 is 0 Å². The van der Waals surface area contributed by atoms with E-state index in [9.17, 15) is 0 Å². The van der Waals surface area contributed by atoms with Crippen LogP contribution in [0.25, 0.3) is 0 Å². The lowest BCUT2D eigenvalue weighted by Crippen LogP contribution is -2.45. The maximum atomic E-state index is 6.32. The number of hydrogen-bond acceptors (Lipinski definition) is 2. The summed E-state index contributed by atoms with van der Waals surface area (Å²) >= 11 is 0. The molecule has 1 aromatic rings. The molecule has 0 saturated heterocycles. The zero-order chi connectivity index (χ0) is 15.0. The Balaban J connectivity index is 3.39. The number of hydrogen-bond donors (Lipinski definition) is 2. The minimum atomic E-state index is -0.284. The molecular formula is C17H30N2. The minimum Gasteiger partial charge on any atom is -0.324 e. The van der Waals surface area contributed by atoms with Gasteiger partial charge in [-0.2, -0.15) is 0 Å². The number of nitrogens with one attached hydrogen (secondary N) is 1. The topological polar surface area (TPSA) is 38.0 Å². The first-order valence-electron chi connectivity index (χ1n) is 7.06. The second-order valence-corrected chi connectivity index (χ2v) is 7.32. The molecule has 1 aromatic carbocycles. The van der Waals surface area contributed by atoms with Gasteiger partial charge in [-0.05, 0) is 62.4 Å². The Morgan fingerprint density at radius 3 is 1.68 bits per heavy atom. The van der Waals surface area contributed by atoms with Crippen LogP contribution in [0.5, 0.6) is 0 Å². The van der Waals surface area contributed by atoms with E-state index in [4.69, 9.17) is 5.73 Å². The molecule has 0 heterocycles. The minimum absolute atomic E-state index is 0.168. The van der Waals surface area contributed by atoms with Gasteiger partial charge in [0.1, 0.15) is 0 Å². The van der Waals surface area contributed by atoms with E-state index in [1.54, 1.807) is 0 Å². The highest BCUT2D eigenvalue weighted by Gasteiger charge is 2.28. The quantitative estimate of drug-likeness (QED) is 0.873. The van der Waals surface area contributed by atoms with Crippen LogP contribution in [0, 0.1) is 13.8 Å². The summed E-state index contributed by atoms with van der Waals surface area (Å²) in [6.45, 7) is 15.3. The van der Waals surface area contributed by atoms with Crippen LogP contribution in [-0.4, -0.2) is 12.6 Å². The Bertz CT molecular complexity index is 424. The van der Waals surface area contributed by atoms with Crippen molar-refractivity contribution in [2.75, 3.05) is 7.05 Å². The predicted octanol–water partition coefficient (Wildman–Crippen LogP) is 3.60. The van der Waals surface area contributed by atoms with Crippen LogP contribution in [0.3, 0.4) is 0 Å². The summed E-state index contributed by atoms with van der Waals surface area (Å²) in [6.07, 6.45) is 0. The molecule has 0 aromatic heterocycles. The van der Waals surface area contributed by atoms with Crippen LogP contribution < -0.4 is 11.1 Å². The monoisotopic (exact) mass is 262 g/mol. The third-order valence-corrected chi connectivity index (χ3v) is 3.78. The van der Waals surface area contributed by atoms with E-state index in [0.29, 0.717) is 0 Å². The second kappa shape index (κ2) is 5.26. The van der Waals surface area contributed by atoms with Gasteiger partial charge in [0.15, 0.2) is 0 Å². The predicted molar refractivity (Wildman–Crippen MR) is 84.7 cm³/mol. The van der Waals surface area contributed by atoms with Gasteiger partial charge in [-0.15, -0.1) is 0 Å². The average Bonchev–Trinajstić information content (AvgIpc) is 2.19.